The fourth-order valence-corrected chi connectivity index (χ4v) is 14.3. The van der Waals surface area contributed by atoms with Crippen LogP contribution in [0.2, 0.25) is 0 Å². The van der Waals surface area contributed by atoms with E-state index in [0.29, 0.717) is 0 Å². The molecule has 10 rings (SSSR count). The Morgan fingerprint density at radius 2 is 0.740 bits per heavy atom. The van der Waals surface area contributed by atoms with Gasteiger partial charge in [-0.3, -0.25) is 0 Å². The van der Waals surface area contributed by atoms with Crippen LogP contribution in [-0.2, 0) is 0 Å². The molecule has 0 aliphatic carbocycles. The second-order valence-corrected chi connectivity index (χ2v) is 16.9. The van der Waals surface area contributed by atoms with Gasteiger partial charge in [-0.2, -0.15) is 0 Å². The van der Waals surface area contributed by atoms with Crippen LogP contribution in [0.15, 0.2) is 200 Å². The van der Waals surface area contributed by atoms with Crippen molar-refractivity contribution in [3.8, 4) is 44.5 Å². The maximum atomic E-state index is 2.54. The first-order chi connectivity index (χ1) is 24.8. The van der Waals surface area contributed by atoms with Crippen LogP contribution in [0, 0.1) is 0 Å². The first kappa shape index (κ1) is 28.8. The number of anilines is 3. The van der Waals surface area contributed by atoms with E-state index in [9.17, 15) is 0 Å². The van der Waals surface area contributed by atoms with Crippen LogP contribution < -0.4 is 25.6 Å². The molecule has 8 aromatic rings. The fourth-order valence-electron chi connectivity index (χ4n) is 8.63. The molecule has 234 valence electrons. The summed E-state index contributed by atoms with van der Waals surface area (Å²) in [5.74, 6) is 0. The summed E-state index contributed by atoms with van der Waals surface area (Å²) < 4.78 is 0. The Hall–Kier alpha value is -6.22. The summed E-state index contributed by atoms with van der Waals surface area (Å²) in [7, 11) is -2.60. The SMILES string of the molecule is c1ccc(-c2cccc(N(c3ccc4c(c3)[Si]3(c5ccccc5-c5ccccc53)c3ccccc3-4)c3ccccc3-c3ccccc3)c2)cc1. The predicted molar refractivity (Wildman–Crippen MR) is 214 cm³/mol. The Morgan fingerprint density at radius 1 is 0.280 bits per heavy atom. The highest BCUT2D eigenvalue weighted by Gasteiger charge is 2.53. The van der Waals surface area contributed by atoms with Gasteiger partial charge >= 0.3 is 0 Å². The number of benzene rings is 8. The molecule has 0 saturated heterocycles. The molecule has 0 amide bonds. The lowest BCUT2D eigenvalue weighted by Gasteiger charge is -2.31. The maximum Gasteiger partial charge on any atom is 0.182 e. The lowest BCUT2D eigenvalue weighted by Crippen LogP contribution is -2.70. The smallest absolute Gasteiger partial charge is 0.182 e. The van der Waals surface area contributed by atoms with E-state index < -0.39 is 8.07 Å². The number of hydrogen-bond donors (Lipinski definition) is 0. The van der Waals surface area contributed by atoms with Crippen molar-refractivity contribution in [1.82, 2.24) is 0 Å². The number of hydrogen-bond acceptors (Lipinski definition) is 1. The molecule has 50 heavy (non-hydrogen) atoms. The maximum absolute atomic E-state index is 2.60. The van der Waals surface area contributed by atoms with Crippen LogP contribution in [0.1, 0.15) is 0 Å². The van der Waals surface area contributed by atoms with Crippen molar-refractivity contribution >= 4 is 45.9 Å². The Balaban J connectivity index is 1.26. The van der Waals surface area contributed by atoms with Crippen molar-refractivity contribution in [1.29, 1.82) is 0 Å². The van der Waals surface area contributed by atoms with E-state index in [1.165, 1.54) is 70.9 Å². The van der Waals surface area contributed by atoms with Crippen LogP contribution in [-0.4, -0.2) is 8.07 Å². The van der Waals surface area contributed by atoms with E-state index in [1.54, 1.807) is 0 Å². The van der Waals surface area contributed by atoms with Gasteiger partial charge in [0.25, 0.3) is 0 Å². The van der Waals surface area contributed by atoms with Gasteiger partial charge in [-0.05, 0) is 90.0 Å². The van der Waals surface area contributed by atoms with Gasteiger partial charge in [-0.15, -0.1) is 0 Å². The van der Waals surface area contributed by atoms with E-state index in [4.69, 9.17) is 0 Å². The molecule has 1 spiro atoms. The minimum atomic E-state index is -2.60. The molecular formula is C48H33NSi. The summed E-state index contributed by atoms with van der Waals surface area (Å²) >= 11 is 0. The molecule has 0 aromatic heterocycles. The van der Waals surface area contributed by atoms with Crippen molar-refractivity contribution in [3.63, 3.8) is 0 Å². The third kappa shape index (κ3) is 4.19. The van der Waals surface area contributed by atoms with Crippen LogP contribution >= 0.6 is 0 Å². The summed E-state index contributed by atoms with van der Waals surface area (Å²) in [6.07, 6.45) is 0. The third-order valence-corrected chi connectivity index (χ3v) is 15.6. The average molecular weight is 652 g/mol. The molecular weight excluding hydrogens is 619 g/mol. The molecule has 0 N–H and O–H groups in total. The number of rotatable bonds is 5. The molecule has 0 radical (unpaired) electrons. The Kier molecular flexibility index (Phi) is 6.58. The quantitative estimate of drug-likeness (QED) is 0.168. The molecule has 0 unspecified atom stereocenters. The van der Waals surface area contributed by atoms with Gasteiger partial charge in [0.1, 0.15) is 0 Å². The van der Waals surface area contributed by atoms with E-state index in [2.05, 4.69) is 205 Å². The molecule has 2 aliphatic rings. The van der Waals surface area contributed by atoms with Crippen LogP contribution in [0.4, 0.5) is 17.1 Å². The normalized spacial score (nSPS) is 13.0. The number of fused-ring (bicyclic) bond motifs is 10. The summed E-state index contributed by atoms with van der Waals surface area (Å²) in [6.45, 7) is 0. The highest BCUT2D eigenvalue weighted by Crippen LogP contribution is 2.43. The number of nitrogens with zero attached hydrogens (tertiary/aromatic N) is 1. The minimum absolute atomic E-state index is 1.13. The molecule has 0 saturated carbocycles. The van der Waals surface area contributed by atoms with Gasteiger partial charge in [0, 0.05) is 16.9 Å². The highest BCUT2D eigenvalue weighted by molar-refractivity contribution is 7.24. The highest BCUT2D eigenvalue weighted by atomic mass is 28.3. The monoisotopic (exact) mass is 651 g/mol. The van der Waals surface area contributed by atoms with E-state index in [1.807, 2.05) is 0 Å². The van der Waals surface area contributed by atoms with Gasteiger partial charge < -0.3 is 4.90 Å². The van der Waals surface area contributed by atoms with Crippen molar-refractivity contribution in [3.05, 3.63) is 200 Å². The second kappa shape index (κ2) is 11.4. The van der Waals surface area contributed by atoms with Gasteiger partial charge in [0.05, 0.1) is 5.69 Å². The summed E-state index contributed by atoms with van der Waals surface area (Å²) in [4.78, 5) is 2.48. The van der Waals surface area contributed by atoms with Crippen molar-refractivity contribution in [2.24, 2.45) is 0 Å². The first-order valence-corrected chi connectivity index (χ1v) is 19.4. The zero-order valence-corrected chi connectivity index (χ0v) is 28.5. The molecule has 0 bridgehead atoms. The van der Waals surface area contributed by atoms with Crippen LogP contribution in [0.3, 0.4) is 0 Å². The first-order valence-electron chi connectivity index (χ1n) is 17.4. The molecule has 0 fully saturated rings. The molecule has 1 nitrogen and oxygen atoms in total. The minimum Gasteiger partial charge on any atom is -0.310 e. The summed E-state index contributed by atoms with van der Waals surface area (Å²) in [5.41, 5.74) is 13.7. The zero-order valence-electron chi connectivity index (χ0n) is 27.5. The predicted octanol–water partition coefficient (Wildman–Crippen LogP) is 9.83. The zero-order chi connectivity index (χ0) is 33.1. The summed E-state index contributed by atoms with van der Waals surface area (Å²) in [5, 5.41) is 5.94. The Labute approximate surface area is 294 Å². The van der Waals surface area contributed by atoms with Crippen molar-refractivity contribution in [2.45, 2.75) is 0 Å². The van der Waals surface area contributed by atoms with Crippen LogP contribution in [0.25, 0.3) is 44.5 Å². The molecule has 2 heterocycles. The summed E-state index contributed by atoms with van der Waals surface area (Å²) in [6, 6.07) is 74.1. The molecule has 0 atom stereocenters. The second-order valence-electron chi connectivity index (χ2n) is 13.3. The standard InChI is InChI=1S/C48H33NSi/c1-3-16-34(17-4-1)36-20-15-21-37(32-36)49(44-26-11-7-22-39(44)35-18-5-2-6-19-35)38-30-31-43-42-25-10-14-29-47(42)50(48(43)33-38)45-27-12-8-23-40(45)41-24-9-13-28-46(41)50/h1-33H. The van der Waals surface area contributed by atoms with E-state index in [-0.39, 0.29) is 0 Å². The van der Waals surface area contributed by atoms with E-state index >= 15 is 0 Å². The topological polar surface area (TPSA) is 3.24 Å². The average Bonchev–Trinajstić information content (AvgIpc) is 3.66. The molecule has 2 heteroatoms. The van der Waals surface area contributed by atoms with Gasteiger partial charge in [-0.1, -0.05) is 170 Å². The number of para-hydroxylation sites is 1. The Bertz CT molecular complexity index is 2490. The largest absolute Gasteiger partial charge is 0.310 e. The molecule has 2 aliphatic heterocycles. The lowest BCUT2D eigenvalue weighted by molar-refractivity contribution is 1.29. The Morgan fingerprint density at radius 3 is 1.36 bits per heavy atom. The van der Waals surface area contributed by atoms with E-state index in [0.717, 1.165) is 11.4 Å². The lowest BCUT2D eigenvalue weighted by atomic mass is 10.00. The molecule has 8 aromatic carbocycles. The fraction of sp³-hybridized carbons (Fsp3) is 0. The third-order valence-electron chi connectivity index (χ3n) is 10.7. The van der Waals surface area contributed by atoms with Gasteiger partial charge in [0.15, 0.2) is 8.07 Å². The van der Waals surface area contributed by atoms with Gasteiger partial charge in [0.2, 0.25) is 0 Å². The van der Waals surface area contributed by atoms with Crippen molar-refractivity contribution < 1.29 is 0 Å². The van der Waals surface area contributed by atoms with Gasteiger partial charge in [-0.25, -0.2) is 0 Å². The van der Waals surface area contributed by atoms with Crippen molar-refractivity contribution in [2.75, 3.05) is 4.90 Å². The van der Waals surface area contributed by atoms with Crippen LogP contribution in [0.5, 0.6) is 0 Å².